The number of benzene rings is 2. The summed E-state index contributed by atoms with van der Waals surface area (Å²) in [5.41, 5.74) is 0.0142. The molecule has 2 aliphatic rings. The van der Waals surface area contributed by atoms with Gasteiger partial charge in [0.05, 0.1) is 12.2 Å². The van der Waals surface area contributed by atoms with Crippen LogP contribution >= 0.6 is 23.2 Å². The Morgan fingerprint density at radius 3 is 2.11 bits per heavy atom. The van der Waals surface area contributed by atoms with Crippen LogP contribution in [0.1, 0.15) is 83.3 Å². The van der Waals surface area contributed by atoms with E-state index in [0.29, 0.717) is 64.5 Å². The normalized spacial score (nSPS) is 22.7. The highest BCUT2D eigenvalue weighted by Crippen LogP contribution is 2.54. The van der Waals surface area contributed by atoms with Gasteiger partial charge in [0.15, 0.2) is 0 Å². The lowest BCUT2D eigenvalue weighted by atomic mass is 9.71. The molecule has 0 aliphatic carbocycles. The number of amides is 2. The summed E-state index contributed by atoms with van der Waals surface area (Å²) < 4.78 is 17.9. The van der Waals surface area contributed by atoms with Crippen LogP contribution in [0.15, 0.2) is 59.7 Å². The largest absolute Gasteiger partial charge is 0.477 e. The van der Waals surface area contributed by atoms with Gasteiger partial charge in [0.1, 0.15) is 22.7 Å². The Labute approximate surface area is 291 Å². The van der Waals surface area contributed by atoms with Gasteiger partial charge in [-0.2, -0.15) is 4.98 Å². The van der Waals surface area contributed by atoms with Gasteiger partial charge < -0.3 is 9.64 Å². The van der Waals surface area contributed by atoms with Crippen LogP contribution in [0.25, 0.3) is 0 Å². The third-order valence-electron chi connectivity index (χ3n) is 9.59. The molecule has 3 atom stereocenters. The van der Waals surface area contributed by atoms with Gasteiger partial charge in [-0.3, -0.25) is 14.1 Å². The smallest absolute Gasteiger partial charge is 0.326 e. The summed E-state index contributed by atoms with van der Waals surface area (Å²) in [6, 6.07) is 15.1. The van der Waals surface area contributed by atoms with Crippen molar-refractivity contribution in [1.29, 1.82) is 0 Å². The standard InChI is InChI=1S/C36H45Cl2N5O3S/c1-8-46-31-29(23-39-32(40-31)34(2,3)4)30-41-35(5,25-9-13-27(37)14-10-25)36(6,26-11-15-28(38)16-12-26)43(30)33(44)42-20-17-24(18-21-42)19-22-47(7)45/h9-16,23-24H,8,17-22H2,1-7H3/t35-,36+,47?/m0/s1. The van der Waals surface area contributed by atoms with Crippen LogP contribution in [0, 0.1) is 5.92 Å². The Bertz CT molecular complexity index is 1650. The molecule has 2 amide bonds. The van der Waals surface area contributed by atoms with E-state index in [9.17, 15) is 4.21 Å². The molecule has 0 bridgehead atoms. The number of rotatable bonds is 8. The fourth-order valence-corrected chi connectivity index (χ4v) is 7.50. The lowest BCUT2D eigenvalue weighted by Crippen LogP contribution is -2.59. The number of carbonyl (C=O) groups excluding carboxylic acids is 1. The lowest BCUT2D eigenvalue weighted by molar-refractivity contribution is 0.0964. The molecule has 0 N–H and O–H groups in total. The van der Waals surface area contributed by atoms with Crippen molar-refractivity contribution in [1.82, 2.24) is 19.8 Å². The topological polar surface area (TPSA) is 88.0 Å². The lowest BCUT2D eigenvalue weighted by Gasteiger charge is -2.47. The van der Waals surface area contributed by atoms with E-state index in [1.807, 2.05) is 65.3 Å². The predicted octanol–water partition coefficient (Wildman–Crippen LogP) is 7.97. The summed E-state index contributed by atoms with van der Waals surface area (Å²) in [6.07, 6.45) is 6.08. The van der Waals surface area contributed by atoms with Crippen molar-refractivity contribution < 1.29 is 13.7 Å². The first-order chi connectivity index (χ1) is 22.2. The molecule has 0 saturated carbocycles. The molecular weight excluding hydrogens is 653 g/mol. The molecule has 2 aromatic carbocycles. The molecule has 8 nitrogen and oxygen atoms in total. The molecule has 1 aromatic heterocycles. The highest BCUT2D eigenvalue weighted by atomic mass is 35.5. The van der Waals surface area contributed by atoms with Gasteiger partial charge in [-0.15, -0.1) is 0 Å². The third-order valence-corrected chi connectivity index (χ3v) is 10.9. The summed E-state index contributed by atoms with van der Waals surface area (Å²) in [4.78, 5) is 33.9. The Balaban J connectivity index is 1.70. The molecule has 11 heteroatoms. The van der Waals surface area contributed by atoms with Crippen molar-refractivity contribution in [3.63, 3.8) is 0 Å². The van der Waals surface area contributed by atoms with Gasteiger partial charge in [-0.1, -0.05) is 68.2 Å². The second-order valence-electron chi connectivity index (χ2n) is 13.8. The molecule has 1 fully saturated rings. The highest BCUT2D eigenvalue weighted by Gasteiger charge is 2.60. The van der Waals surface area contributed by atoms with E-state index in [1.54, 1.807) is 12.5 Å². The average Bonchev–Trinajstić information content (AvgIpc) is 3.28. The Hall–Kier alpha value is -3.01. The molecule has 1 unspecified atom stereocenters. The number of ether oxygens (including phenoxy) is 1. The van der Waals surface area contributed by atoms with Crippen molar-refractivity contribution >= 4 is 45.9 Å². The van der Waals surface area contributed by atoms with Crippen molar-refractivity contribution in [2.45, 2.75) is 77.3 Å². The molecule has 252 valence electrons. The van der Waals surface area contributed by atoms with E-state index >= 15 is 4.79 Å². The van der Waals surface area contributed by atoms with E-state index in [-0.39, 0.29) is 11.4 Å². The maximum absolute atomic E-state index is 15.1. The van der Waals surface area contributed by atoms with Gasteiger partial charge in [-0.25, -0.2) is 9.78 Å². The number of urea groups is 1. The fourth-order valence-electron chi connectivity index (χ4n) is 6.58. The van der Waals surface area contributed by atoms with Gasteiger partial charge >= 0.3 is 6.03 Å². The SMILES string of the molecule is CCOc1nc(C(C)(C)C)ncc1C1=N[C@@](C)(c2ccc(Cl)cc2)[C@@](C)(c2ccc(Cl)cc2)N1C(=O)N1CCC(CCS(C)=O)CC1. The van der Waals surface area contributed by atoms with Crippen molar-refractivity contribution in [2.75, 3.05) is 31.7 Å². The number of halogens is 2. The minimum absolute atomic E-state index is 0.154. The monoisotopic (exact) mass is 697 g/mol. The van der Waals surface area contributed by atoms with E-state index in [1.165, 1.54) is 0 Å². The number of likely N-dealkylation sites (tertiary alicyclic amines) is 1. The van der Waals surface area contributed by atoms with Crippen molar-refractivity contribution in [2.24, 2.45) is 10.9 Å². The number of hydrogen-bond acceptors (Lipinski definition) is 6. The van der Waals surface area contributed by atoms with Crippen LogP contribution < -0.4 is 4.74 Å². The number of aromatic nitrogens is 2. The van der Waals surface area contributed by atoms with Gasteiger partial charge in [-0.05, 0) is 81.3 Å². The first-order valence-corrected chi connectivity index (χ1v) is 18.7. The van der Waals surface area contributed by atoms with Gasteiger partial charge in [0, 0.05) is 57.6 Å². The zero-order valence-electron chi connectivity index (χ0n) is 28.3. The summed E-state index contributed by atoms with van der Waals surface area (Å²) in [5.74, 6) is 2.57. The number of amidine groups is 1. The molecule has 0 spiro atoms. The Morgan fingerprint density at radius 2 is 1.57 bits per heavy atom. The van der Waals surface area contributed by atoms with Crippen LogP contribution in [0.5, 0.6) is 5.88 Å². The second kappa shape index (κ2) is 13.8. The molecular formula is C36H45Cl2N5O3S. The molecule has 2 aliphatic heterocycles. The van der Waals surface area contributed by atoms with Crippen molar-refractivity contribution in [3.05, 3.63) is 87.3 Å². The van der Waals surface area contributed by atoms with Crippen LogP contribution in [-0.4, -0.2) is 67.5 Å². The minimum atomic E-state index is -1.01. The first kappa shape index (κ1) is 35.3. The molecule has 3 aromatic rings. The summed E-state index contributed by atoms with van der Waals surface area (Å²) in [7, 11) is -0.832. The molecule has 1 saturated heterocycles. The van der Waals surface area contributed by atoms with Crippen LogP contribution in [0.2, 0.25) is 10.0 Å². The minimum Gasteiger partial charge on any atom is -0.477 e. The van der Waals surface area contributed by atoms with E-state index in [0.717, 1.165) is 30.4 Å². The molecule has 3 heterocycles. The maximum atomic E-state index is 15.1. The average molecular weight is 699 g/mol. The van der Waals surface area contributed by atoms with Crippen LogP contribution in [0.4, 0.5) is 4.79 Å². The zero-order chi connectivity index (χ0) is 34.1. The molecule has 5 rings (SSSR count). The van der Waals surface area contributed by atoms with E-state index in [4.69, 9.17) is 42.9 Å². The zero-order valence-corrected chi connectivity index (χ0v) is 30.7. The Morgan fingerprint density at radius 1 is 1.00 bits per heavy atom. The second-order valence-corrected chi connectivity index (χ2v) is 16.2. The predicted molar refractivity (Wildman–Crippen MR) is 191 cm³/mol. The first-order valence-electron chi connectivity index (χ1n) is 16.2. The van der Waals surface area contributed by atoms with Gasteiger partial charge in [0.2, 0.25) is 5.88 Å². The number of carbonyl (C=O) groups is 1. The highest BCUT2D eigenvalue weighted by molar-refractivity contribution is 7.84. The maximum Gasteiger partial charge on any atom is 0.326 e. The quantitative estimate of drug-likeness (QED) is 0.238. The summed E-state index contributed by atoms with van der Waals surface area (Å²) in [6.45, 7) is 13.8. The number of piperidine rings is 1. The van der Waals surface area contributed by atoms with Crippen LogP contribution in [-0.2, 0) is 27.3 Å². The van der Waals surface area contributed by atoms with E-state index in [2.05, 4.69) is 34.6 Å². The number of hydrogen-bond donors (Lipinski definition) is 0. The van der Waals surface area contributed by atoms with Crippen molar-refractivity contribution in [3.8, 4) is 5.88 Å². The fraction of sp³-hybridized carbons (Fsp3) is 0.500. The van der Waals surface area contributed by atoms with E-state index < -0.39 is 21.9 Å². The van der Waals surface area contributed by atoms with Crippen LogP contribution in [0.3, 0.4) is 0 Å². The third kappa shape index (κ3) is 6.94. The van der Waals surface area contributed by atoms with Gasteiger partial charge in [0.25, 0.3) is 0 Å². The Kier molecular flexibility index (Phi) is 10.4. The summed E-state index contributed by atoms with van der Waals surface area (Å²) in [5, 5.41) is 1.21. The number of aliphatic imine (C=N–C) groups is 1. The molecule has 0 radical (unpaired) electrons. The summed E-state index contributed by atoms with van der Waals surface area (Å²) >= 11 is 12.8. The molecule has 47 heavy (non-hydrogen) atoms. The number of nitrogens with zero attached hydrogens (tertiary/aromatic N) is 5.